The fourth-order valence-electron chi connectivity index (χ4n) is 2.84. The largest absolute Gasteiger partial charge is 0.494 e. The fraction of sp³-hybridized carbons (Fsp3) is 0.333. The molecule has 0 fully saturated rings. The molecule has 2 aromatic carbocycles. The molecule has 1 aromatic heterocycles. The van der Waals surface area contributed by atoms with Crippen molar-refractivity contribution in [2.75, 3.05) is 38.7 Å². The average Bonchev–Trinajstić information content (AvgIpc) is 3.08. The van der Waals surface area contributed by atoms with E-state index >= 15 is 0 Å². The van der Waals surface area contributed by atoms with E-state index in [-0.39, 0.29) is 24.1 Å². The Labute approximate surface area is 180 Å². The van der Waals surface area contributed by atoms with E-state index in [0.29, 0.717) is 23.8 Å². The number of halogens is 2. The van der Waals surface area contributed by atoms with Crippen molar-refractivity contribution < 1.29 is 13.9 Å². The number of rotatable bonds is 8. The normalized spacial score (nSPS) is 10.8. The average molecular weight is 438 g/mol. The molecule has 0 unspecified atom stereocenters. The van der Waals surface area contributed by atoms with Crippen molar-refractivity contribution in [3.63, 3.8) is 0 Å². The summed E-state index contributed by atoms with van der Waals surface area (Å²) in [5.41, 5.74) is 1.27. The Morgan fingerprint density at radius 3 is 2.52 bits per heavy atom. The van der Waals surface area contributed by atoms with Gasteiger partial charge in [-0.25, -0.2) is 9.37 Å². The number of thiazole rings is 1. The van der Waals surface area contributed by atoms with Crippen LogP contribution in [0.5, 0.6) is 5.75 Å². The molecule has 0 atom stereocenters. The zero-order chi connectivity index (χ0) is 20.1. The highest BCUT2D eigenvalue weighted by molar-refractivity contribution is 7.22. The summed E-state index contributed by atoms with van der Waals surface area (Å²) in [4.78, 5) is 21.5. The predicted octanol–water partition coefficient (Wildman–Crippen LogP) is 4.85. The minimum absolute atomic E-state index is 0. The summed E-state index contributed by atoms with van der Waals surface area (Å²) < 4.78 is 19.8. The Kier molecular flexibility index (Phi) is 8.37. The highest BCUT2D eigenvalue weighted by Crippen LogP contribution is 2.32. The zero-order valence-electron chi connectivity index (χ0n) is 16.7. The predicted molar refractivity (Wildman–Crippen MR) is 119 cm³/mol. The molecule has 1 amide bonds. The summed E-state index contributed by atoms with van der Waals surface area (Å²) in [5, 5.41) is 0.636. The number of amides is 1. The lowest BCUT2D eigenvalue weighted by molar-refractivity contribution is 0.0986. The summed E-state index contributed by atoms with van der Waals surface area (Å²) in [7, 11) is 4.00. The maximum Gasteiger partial charge on any atom is 0.260 e. The first-order valence-corrected chi connectivity index (χ1v) is 10.0. The van der Waals surface area contributed by atoms with Crippen LogP contribution in [0.2, 0.25) is 0 Å². The van der Waals surface area contributed by atoms with Gasteiger partial charge in [-0.2, -0.15) is 0 Å². The van der Waals surface area contributed by atoms with E-state index in [4.69, 9.17) is 4.74 Å². The van der Waals surface area contributed by atoms with Gasteiger partial charge in [0.1, 0.15) is 11.6 Å². The second kappa shape index (κ2) is 10.5. The van der Waals surface area contributed by atoms with Gasteiger partial charge in [-0.15, -0.1) is 12.4 Å². The van der Waals surface area contributed by atoms with Gasteiger partial charge < -0.3 is 9.64 Å². The Hall–Kier alpha value is -2.22. The standard InChI is InChI=1S/C21H24FN3O2S.ClH/c1-4-27-17-10-11-18-19(14-17)28-21(23-18)25(13-5-12-24(2)3)20(26)15-6-8-16(22)9-7-15;/h6-11,14H,4-5,12-13H2,1-3H3;1H. The molecule has 29 heavy (non-hydrogen) atoms. The highest BCUT2D eigenvalue weighted by atomic mass is 35.5. The molecule has 8 heteroatoms. The summed E-state index contributed by atoms with van der Waals surface area (Å²) in [6.07, 6.45) is 0.806. The van der Waals surface area contributed by atoms with Crippen LogP contribution in [0.1, 0.15) is 23.7 Å². The van der Waals surface area contributed by atoms with E-state index in [1.165, 1.54) is 35.6 Å². The van der Waals surface area contributed by atoms with Crippen LogP contribution in [0, 0.1) is 5.82 Å². The number of hydrogen-bond donors (Lipinski definition) is 0. The van der Waals surface area contributed by atoms with E-state index in [0.717, 1.165) is 28.9 Å². The van der Waals surface area contributed by atoms with E-state index in [1.807, 2.05) is 39.2 Å². The molecule has 0 aliphatic carbocycles. The fourth-order valence-corrected chi connectivity index (χ4v) is 3.86. The van der Waals surface area contributed by atoms with Crippen LogP contribution in [0.4, 0.5) is 9.52 Å². The van der Waals surface area contributed by atoms with E-state index in [2.05, 4.69) is 9.88 Å². The molecule has 0 bridgehead atoms. The van der Waals surface area contributed by atoms with Crippen LogP contribution >= 0.6 is 23.7 Å². The molecule has 3 rings (SSSR count). The Balaban J connectivity index is 0.00000300. The smallest absolute Gasteiger partial charge is 0.260 e. The number of hydrogen-bond acceptors (Lipinski definition) is 5. The Morgan fingerprint density at radius 2 is 1.86 bits per heavy atom. The van der Waals surface area contributed by atoms with E-state index in [1.54, 1.807) is 4.90 Å². The van der Waals surface area contributed by atoms with Crippen LogP contribution < -0.4 is 9.64 Å². The SMILES string of the molecule is CCOc1ccc2nc(N(CCCN(C)C)C(=O)c3ccc(F)cc3)sc2c1.Cl. The van der Waals surface area contributed by atoms with Crippen molar-refractivity contribution in [3.8, 4) is 5.75 Å². The molecule has 5 nitrogen and oxygen atoms in total. The number of nitrogens with zero attached hydrogens (tertiary/aromatic N) is 3. The second-order valence-corrected chi connectivity index (χ2v) is 7.69. The molecular formula is C21H25ClFN3O2S. The first kappa shape index (κ1) is 23.1. The van der Waals surface area contributed by atoms with Gasteiger partial charge >= 0.3 is 0 Å². The Bertz CT molecular complexity index is 947. The van der Waals surface area contributed by atoms with Crippen molar-refractivity contribution >= 4 is 45.0 Å². The molecule has 3 aromatic rings. The minimum atomic E-state index is -0.362. The van der Waals surface area contributed by atoms with E-state index < -0.39 is 0 Å². The van der Waals surface area contributed by atoms with Crippen molar-refractivity contribution in [1.29, 1.82) is 0 Å². The lowest BCUT2D eigenvalue weighted by atomic mass is 10.2. The number of benzene rings is 2. The first-order chi connectivity index (χ1) is 13.5. The van der Waals surface area contributed by atoms with Gasteiger partial charge in [-0.3, -0.25) is 9.69 Å². The lowest BCUT2D eigenvalue weighted by Crippen LogP contribution is -2.33. The number of ether oxygens (including phenoxy) is 1. The van der Waals surface area contributed by atoms with Crippen LogP contribution in [-0.4, -0.2) is 49.6 Å². The van der Waals surface area contributed by atoms with Crippen molar-refractivity contribution in [1.82, 2.24) is 9.88 Å². The van der Waals surface area contributed by atoms with Crippen molar-refractivity contribution in [3.05, 3.63) is 53.8 Å². The number of anilines is 1. The van der Waals surface area contributed by atoms with Gasteiger partial charge in [0, 0.05) is 12.1 Å². The maximum atomic E-state index is 13.3. The van der Waals surface area contributed by atoms with Crippen LogP contribution in [0.15, 0.2) is 42.5 Å². The van der Waals surface area contributed by atoms with Gasteiger partial charge in [-0.05, 0) is 76.4 Å². The molecule has 0 N–H and O–H groups in total. The van der Waals surface area contributed by atoms with E-state index in [9.17, 15) is 9.18 Å². The monoisotopic (exact) mass is 437 g/mol. The molecule has 0 spiro atoms. The molecule has 0 saturated carbocycles. The van der Waals surface area contributed by atoms with Crippen LogP contribution in [0.25, 0.3) is 10.2 Å². The molecule has 1 heterocycles. The topological polar surface area (TPSA) is 45.7 Å². The number of fused-ring (bicyclic) bond motifs is 1. The van der Waals surface area contributed by atoms with Gasteiger partial charge in [-0.1, -0.05) is 11.3 Å². The molecule has 0 aliphatic heterocycles. The quantitative estimate of drug-likeness (QED) is 0.505. The van der Waals surface area contributed by atoms with Gasteiger partial charge in [0.05, 0.1) is 16.8 Å². The summed E-state index contributed by atoms with van der Waals surface area (Å²) in [5.74, 6) is 0.246. The summed E-state index contributed by atoms with van der Waals surface area (Å²) in [6.45, 7) is 3.92. The highest BCUT2D eigenvalue weighted by Gasteiger charge is 2.21. The van der Waals surface area contributed by atoms with Gasteiger partial charge in [0.2, 0.25) is 0 Å². The molecule has 0 saturated heterocycles. The third kappa shape index (κ3) is 5.88. The minimum Gasteiger partial charge on any atom is -0.494 e. The van der Waals surface area contributed by atoms with Crippen LogP contribution in [-0.2, 0) is 0 Å². The Morgan fingerprint density at radius 1 is 1.14 bits per heavy atom. The number of carbonyl (C=O) groups is 1. The third-order valence-electron chi connectivity index (χ3n) is 4.21. The van der Waals surface area contributed by atoms with Crippen molar-refractivity contribution in [2.45, 2.75) is 13.3 Å². The first-order valence-electron chi connectivity index (χ1n) is 9.23. The van der Waals surface area contributed by atoms with Crippen LogP contribution in [0.3, 0.4) is 0 Å². The third-order valence-corrected chi connectivity index (χ3v) is 5.26. The molecule has 0 aliphatic rings. The maximum absolute atomic E-state index is 13.3. The van der Waals surface area contributed by atoms with Crippen molar-refractivity contribution in [2.24, 2.45) is 0 Å². The summed E-state index contributed by atoms with van der Waals surface area (Å²) in [6, 6.07) is 11.4. The summed E-state index contributed by atoms with van der Waals surface area (Å²) >= 11 is 1.46. The zero-order valence-corrected chi connectivity index (χ0v) is 18.4. The number of carbonyl (C=O) groups excluding carboxylic acids is 1. The van der Waals surface area contributed by atoms with Gasteiger partial charge in [0.25, 0.3) is 5.91 Å². The van der Waals surface area contributed by atoms with Gasteiger partial charge in [0.15, 0.2) is 5.13 Å². The second-order valence-electron chi connectivity index (χ2n) is 6.68. The molecule has 156 valence electrons. The lowest BCUT2D eigenvalue weighted by Gasteiger charge is -2.21. The molecule has 0 radical (unpaired) electrons. The number of aromatic nitrogens is 1. The molecular weight excluding hydrogens is 413 g/mol.